The van der Waals surface area contributed by atoms with Crippen LogP contribution in [0.2, 0.25) is 0 Å². The fourth-order valence-corrected chi connectivity index (χ4v) is 3.21. The largest absolute Gasteiger partial charge is 0.396 e. The average Bonchev–Trinajstić information content (AvgIpc) is 3.35. The van der Waals surface area contributed by atoms with Gasteiger partial charge < -0.3 is 25.0 Å². The van der Waals surface area contributed by atoms with Gasteiger partial charge in [0.1, 0.15) is 5.69 Å². The summed E-state index contributed by atoms with van der Waals surface area (Å²) in [5.41, 5.74) is 1.75. The number of hydrogen-bond acceptors (Lipinski definition) is 5. The first-order valence-electron chi connectivity index (χ1n) is 9.46. The summed E-state index contributed by atoms with van der Waals surface area (Å²) in [6, 6.07) is 11.8. The maximum absolute atomic E-state index is 9.36. The van der Waals surface area contributed by atoms with Crippen molar-refractivity contribution in [2.24, 2.45) is 10.4 Å². The van der Waals surface area contributed by atoms with Crippen LogP contribution in [0.3, 0.4) is 0 Å². The van der Waals surface area contributed by atoms with Gasteiger partial charge in [-0.2, -0.15) is 0 Å². The molecule has 3 rings (SSSR count). The van der Waals surface area contributed by atoms with Gasteiger partial charge in [0.05, 0.1) is 13.2 Å². The monoisotopic (exact) mass is 500 g/mol. The Labute approximate surface area is 183 Å². The van der Waals surface area contributed by atoms with Crippen molar-refractivity contribution in [1.82, 2.24) is 15.8 Å². The van der Waals surface area contributed by atoms with E-state index in [0.29, 0.717) is 19.7 Å². The van der Waals surface area contributed by atoms with E-state index in [9.17, 15) is 5.11 Å². The van der Waals surface area contributed by atoms with E-state index >= 15 is 0 Å². The first kappa shape index (κ1) is 22.6. The van der Waals surface area contributed by atoms with Gasteiger partial charge in [-0.3, -0.25) is 0 Å². The molecule has 7 nitrogen and oxygen atoms in total. The Morgan fingerprint density at radius 1 is 1.29 bits per heavy atom. The zero-order valence-electron chi connectivity index (χ0n) is 16.2. The van der Waals surface area contributed by atoms with E-state index in [1.165, 1.54) is 0 Å². The Hall–Kier alpha value is -1.65. The number of benzene rings is 1. The molecule has 0 radical (unpaired) electrons. The maximum atomic E-state index is 9.36. The molecule has 1 aliphatic rings. The van der Waals surface area contributed by atoms with Crippen molar-refractivity contribution in [2.75, 3.05) is 32.9 Å². The third kappa shape index (κ3) is 6.18. The molecule has 2 heterocycles. The number of aliphatic hydroxyl groups is 1. The number of nitrogens with zero attached hydrogens (tertiary/aromatic N) is 2. The number of aromatic nitrogens is 1. The zero-order chi connectivity index (χ0) is 19.0. The molecule has 154 valence electrons. The van der Waals surface area contributed by atoms with E-state index in [4.69, 9.17) is 9.26 Å². The van der Waals surface area contributed by atoms with Crippen molar-refractivity contribution < 1.29 is 14.4 Å². The van der Waals surface area contributed by atoms with Crippen LogP contribution in [0.4, 0.5) is 0 Å². The van der Waals surface area contributed by atoms with E-state index < -0.39 is 0 Å². The van der Waals surface area contributed by atoms with Crippen molar-refractivity contribution in [1.29, 1.82) is 0 Å². The lowest BCUT2D eigenvalue weighted by Gasteiger charge is -2.27. The van der Waals surface area contributed by atoms with E-state index in [0.717, 1.165) is 49.0 Å². The Balaban J connectivity index is 0.00000280. The predicted octanol–water partition coefficient (Wildman–Crippen LogP) is 2.80. The number of aliphatic imine (C=N–C) groups is 1. The second-order valence-electron chi connectivity index (χ2n) is 6.87. The van der Waals surface area contributed by atoms with Gasteiger partial charge in [-0.15, -0.1) is 24.0 Å². The molecule has 0 bridgehead atoms. The smallest absolute Gasteiger partial charge is 0.191 e. The van der Waals surface area contributed by atoms with Gasteiger partial charge in [-0.25, -0.2) is 4.99 Å². The summed E-state index contributed by atoms with van der Waals surface area (Å²) in [5.74, 6) is 1.47. The van der Waals surface area contributed by atoms with E-state index in [2.05, 4.69) is 20.8 Å². The number of ether oxygens (including phenoxy) is 1. The van der Waals surface area contributed by atoms with Crippen LogP contribution in [0, 0.1) is 5.41 Å². The molecule has 0 saturated carbocycles. The van der Waals surface area contributed by atoms with E-state index in [1.807, 2.05) is 43.3 Å². The molecule has 1 aromatic heterocycles. The molecule has 1 aliphatic heterocycles. The molecule has 1 unspecified atom stereocenters. The van der Waals surface area contributed by atoms with Crippen LogP contribution < -0.4 is 10.6 Å². The molecular weight excluding hydrogens is 471 g/mol. The topological polar surface area (TPSA) is 91.9 Å². The van der Waals surface area contributed by atoms with Gasteiger partial charge in [-0.1, -0.05) is 35.5 Å². The summed E-state index contributed by atoms with van der Waals surface area (Å²) in [6.07, 6.45) is 1.67. The highest BCUT2D eigenvalue weighted by molar-refractivity contribution is 14.0. The normalized spacial score (nSPS) is 19.3. The fourth-order valence-electron chi connectivity index (χ4n) is 3.21. The van der Waals surface area contributed by atoms with Crippen molar-refractivity contribution in [3.63, 3.8) is 0 Å². The second-order valence-corrected chi connectivity index (χ2v) is 6.87. The molecule has 1 fully saturated rings. The lowest BCUT2D eigenvalue weighted by atomic mass is 9.84. The third-order valence-corrected chi connectivity index (χ3v) is 4.82. The van der Waals surface area contributed by atoms with Crippen LogP contribution >= 0.6 is 24.0 Å². The summed E-state index contributed by atoms with van der Waals surface area (Å²) in [7, 11) is 0. The van der Waals surface area contributed by atoms with Crippen LogP contribution in [0.1, 0.15) is 25.5 Å². The molecule has 0 spiro atoms. The van der Waals surface area contributed by atoms with Crippen LogP contribution in [-0.4, -0.2) is 49.1 Å². The van der Waals surface area contributed by atoms with Crippen LogP contribution in [-0.2, 0) is 11.3 Å². The summed E-state index contributed by atoms with van der Waals surface area (Å²) in [4.78, 5) is 4.61. The van der Waals surface area contributed by atoms with Crippen molar-refractivity contribution in [3.8, 4) is 11.3 Å². The van der Waals surface area contributed by atoms with Crippen LogP contribution in [0.15, 0.2) is 45.9 Å². The van der Waals surface area contributed by atoms with E-state index in [1.54, 1.807) is 0 Å². The minimum atomic E-state index is -0.0285. The standard InChI is InChI=1S/C20H28N4O3.HI/c1-2-21-19(23-14-20(8-10-25)9-11-26-15-20)22-13-17-12-18(27-24-17)16-6-4-3-5-7-16;/h3-7,12,25H,2,8-11,13-15H2,1H3,(H2,21,22,23);1H. The molecule has 2 aromatic rings. The highest BCUT2D eigenvalue weighted by Gasteiger charge is 2.34. The second kappa shape index (κ2) is 11.4. The fraction of sp³-hybridized carbons (Fsp3) is 0.500. The average molecular weight is 500 g/mol. The highest BCUT2D eigenvalue weighted by Crippen LogP contribution is 2.31. The number of rotatable bonds is 8. The Kier molecular flexibility index (Phi) is 9.20. The quantitative estimate of drug-likeness (QED) is 0.294. The first-order valence-corrected chi connectivity index (χ1v) is 9.46. The highest BCUT2D eigenvalue weighted by atomic mass is 127. The Morgan fingerprint density at radius 3 is 2.79 bits per heavy atom. The van der Waals surface area contributed by atoms with Crippen molar-refractivity contribution in [2.45, 2.75) is 26.3 Å². The molecule has 0 amide bonds. The first-order chi connectivity index (χ1) is 13.2. The summed E-state index contributed by atoms with van der Waals surface area (Å²) >= 11 is 0. The number of hydrogen-bond donors (Lipinski definition) is 3. The molecule has 0 aliphatic carbocycles. The summed E-state index contributed by atoms with van der Waals surface area (Å²) < 4.78 is 11.0. The SMILES string of the molecule is CCNC(=NCc1cc(-c2ccccc2)on1)NCC1(CCO)CCOC1.I. The molecule has 28 heavy (non-hydrogen) atoms. The Morgan fingerprint density at radius 2 is 2.11 bits per heavy atom. The van der Waals surface area contributed by atoms with Gasteiger partial charge in [0, 0.05) is 43.3 Å². The Bertz CT molecular complexity index is 730. The lowest BCUT2D eigenvalue weighted by molar-refractivity contribution is 0.127. The number of guanidine groups is 1. The van der Waals surface area contributed by atoms with Crippen molar-refractivity contribution in [3.05, 3.63) is 42.1 Å². The zero-order valence-corrected chi connectivity index (χ0v) is 18.5. The maximum Gasteiger partial charge on any atom is 0.191 e. The van der Waals surface area contributed by atoms with Crippen LogP contribution in [0.5, 0.6) is 0 Å². The number of nitrogens with one attached hydrogen (secondary N) is 2. The third-order valence-electron chi connectivity index (χ3n) is 4.82. The van der Waals surface area contributed by atoms with E-state index in [-0.39, 0.29) is 36.0 Å². The predicted molar refractivity (Wildman–Crippen MR) is 120 cm³/mol. The molecule has 3 N–H and O–H groups in total. The van der Waals surface area contributed by atoms with Gasteiger partial charge in [0.25, 0.3) is 0 Å². The van der Waals surface area contributed by atoms with Crippen LogP contribution in [0.25, 0.3) is 11.3 Å². The minimum Gasteiger partial charge on any atom is -0.396 e. The van der Waals surface area contributed by atoms with Crippen molar-refractivity contribution >= 4 is 29.9 Å². The van der Waals surface area contributed by atoms with Gasteiger partial charge in [-0.05, 0) is 19.8 Å². The summed E-state index contributed by atoms with van der Waals surface area (Å²) in [5, 5.41) is 20.1. The molecule has 1 saturated heterocycles. The molecular formula is C20H29IN4O3. The molecule has 1 atom stereocenters. The summed E-state index contributed by atoms with van der Waals surface area (Å²) in [6.45, 7) is 5.52. The van der Waals surface area contributed by atoms with Gasteiger partial charge in [0.15, 0.2) is 11.7 Å². The number of aliphatic hydroxyl groups excluding tert-OH is 1. The number of halogens is 1. The van der Waals surface area contributed by atoms with Gasteiger partial charge in [0.2, 0.25) is 0 Å². The van der Waals surface area contributed by atoms with Gasteiger partial charge >= 0.3 is 0 Å². The molecule has 1 aromatic carbocycles. The molecule has 8 heteroatoms. The minimum absolute atomic E-state index is 0. The lowest BCUT2D eigenvalue weighted by Crippen LogP contribution is -2.44.